The van der Waals surface area contributed by atoms with Crippen LogP contribution in [0.5, 0.6) is 0 Å². The van der Waals surface area contributed by atoms with Crippen LogP contribution in [0.4, 0.5) is 4.79 Å². The highest BCUT2D eigenvalue weighted by Crippen LogP contribution is 2.40. The van der Waals surface area contributed by atoms with Crippen molar-refractivity contribution in [1.29, 1.82) is 0 Å². The summed E-state index contributed by atoms with van der Waals surface area (Å²) in [6.07, 6.45) is 1.90. The van der Waals surface area contributed by atoms with E-state index in [1.807, 2.05) is 20.8 Å². The maximum atomic E-state index is 11.6. The molecule has 0 bridgehead atoms. The number of halogens is 1. The predicted octanol–water partition coefficient (Wildman–Crippen LogP) is 4.07. The molecular weight excluding hydrogens is 314 g/mol. The third-order valence-corrected chi connectivity index (χ3v) is 4.58. The van der Waals surface area contributed by atoms with Crippen molar-refractivity contribution in [2.45, 2.75) is 45.1 Å². The Bertz CT molecular complexity index is 450. The lowest BCUT2D eigenvalue weighted by Gasteiger charge is -2.20. The fourth-order valence-corrected chi connectivity index (χ4v) is 3.96. The first kappa shape index (κ1) is 13.9. The molecule has 0 aromatic carbocycles. The molecule has 0 saturated carbocycles. The van der Waals surface area contributed by atoms with Gasteiger partial charge in [0.25, 0.3) is 0 Å². The predicted molar refractivity (Wildman–Crippen MR) is 77.3 cm³/mol. The zero-order valence-corrected chi connectivity index (χ0v) is 13.3. The van der Waals surface area contributed by atoms with Gasteiger partial charge in [-0.3, -0.25) is 0 Å². The monoisotopic (exact) mass is 331 g/mol. The minimum absolute atomic E-state index is 0.328. The number of carbonyl (C=O) groups is 1. The molecule has 0 aliphatic heterocycles. The van der Waals surface area contributed by atoms with Gasteiger partial charge in [0, 0.05) is 17.3 Å². The second-order valence-corrected chi connectivity index (χ2v) is 8.06. The van der Waals surface area contributed by atoms with E-state index in [2.05, 4.69) is 27.3 Å². The molecule has 3 nitrogen and oxygen atoms in total. The Labute approximate surface area is 120 Å². The first-order valence-corrected chi connectivity index (χ1v) is 7.71. The summed E-state index contributed by atoms with van der Waals surface area (Å²) in [5.41, 5.74) is 0.944. The number of alkyl carbamates (subject to hydrolysis) is 1. The van der Waals surface area contributed by atoms with Crippen LogP contribution in [0.3, 0.4) is 0 Å². The lowest BCUT2D eigenvalue weighted by Crippen LogP contribution is -2.34. The number of hydrogen-bond donors (Lipinski definition) is 1. The number of ether oxygens (including phenoxy) is 1. The second-order valence-electron chi connectivity index (χ2n) is 5.55. The van der Waals surface area contributed by atoms with E-state index in [4.69, 9.17) is 4.74 Å². The summed E-state index contributed by atoms with van der Waals surface area (Å²) < 4.78 is 6.41. The smallest absolute Gasteiger partial charge is 0.407 e. The Kier molecular flexibility index (Phi) is 4.02. The molecule has 0 fully saturated rings. The van der Waals surface area contributed by atoms with Gasteiger partial charge in [0.2, 0.25) is 0 Å². The number of amides is 1. The number of thiophene rings is 1. The van der Waals surface area contributed by atoms with Crippen molar-refractivity contribution in [3.8, 4) is 0 Å². The average molecular weight is 332 g/mol. The van der Waals surface area contributed by atoms with Gasteiger partial charge in [-0.15, -0.1) is 11.3 Å². The molecule has 1 amide bonds. The van der Waals surface area contributed by atoms with Gasteiger partial charge in [-0.1, -0.05) is 0 Å². The van der Waals surface area contributed by atoms with Crippen molar-refractivity contribution >= 4 is 33.4 Å². The van der Waals surface area contributed by atoms with Gasteiger partial charge >= 0.3 is 6.09 Å². The highest BCUT2D eigenvalue weighted by atomic mass is 79.9. The lowest BCUT2D eigenvalue weighted by atomic mass is 10.0. The molecule has 1 aliphatic rings. The van der Waals surface area contributed by atoms with E-state index in [0.717, 1.165) is 12.8 Å². The van der Waals surface area contributed by atoms with Gasteiger partial charge in [0.05, 0.1) is 3.79 Å². The maximum Gasteiger partial charge on any atom is 0.407 e. The van der Waals surface area contributed by atoms with Crippen molar-refractivity contribution in [2.75, 3.05) is 6.54 Å². The molecule has 0 spiro atoms. The lowest BCUT2D eigenvalue weighted by molar-refractivity contribution is 0.0524. The number of fused-ring (bicyclic) bond motifs is 1. The van der Waals surface area contributed by atoms with Gasteiger partial charge in [-0.25, -0.2) is 4.79 Å². The molecule has 1 aromatic rings. The van der Waals surface area contributed by atoms with Crippen molar-refractivity contribution in [3.05, 3.63) is 20.3 Å². The van der Waals surface area contributed by atoms with E-state index in [9.17, 15) is 4.79 Å². The Morgan fingerprint density at radius 2 is 2.33 bits per heavy atom. The number of rotatable bonds is 2. The summed E-state index contributed by atoms with van der Waals surface area (Å²) in [5.74, 6) is 0.426. The molecule has 0 radical (unpaired) electrons. The molecule has 1 aromatic heterocycles. The standard InChI is InChI=1S/C13H18BrNO2S/c1-13(2,3)17-12(16)15-7-8-4-5-10-9(8)6-11(14)18-10/h6,8H,4-5,7H2,1-3H3,(H,15,16). The van der Waals surface area contributed by atoms with Crippen LogP contribution in [-0.2, 0) is 11.2 Å². The first-order chi connectivity index (χ1) is 8.35. The molecule has 5 heteroatoms. The van der Waals surface area contributed by atoms with Crippen LogP contribution >= 0.6 is 27.3 Å². The molecule has 2 rings (SSSR count). The van der Waals surface area contributed by atoms with Crippen LogP contribution in [-0.4, -0.2) is 18.2 Å². The first-order valence-electron chi connectivity index (χ1n) is 6.10. The zero-order valence-electron chi connectivity index (χ0n) is 10.9. The molecule has 100 valence electrons. The molecule has 1 aliphatic carbocycles. The van der Waals surface area contributed by atoms with Gasteiger partial charge in [0.15, 0.2) is 0 Å². The van der Waals surface area contributed by atoms with Crippen LogP contribution in [0.15, 0.2) is 9.85 Å². The Hall–Kier alpha value is -0.550. The minimum Gasteiger partial charge on any atom is -0.444 e. The van der Waals surface area contributed by atoms with E-state index in [-0.39, 0.29) is 6.09 Å². The fourth-order valence-electron chi connectivity index (χ4n) is 2.14. The van der Waals surface area contributed by atoms with Gasteiger partial charge in [0.1, 0.15) is 5.60 Å². The Balaban J connectivity index is 1.87. The molecule has 1 heterocycles. The van der Waals surface area contributed by atoms with Crippen LogP contribution in [0.1, 0.15) is 43.6 Å². The normalized spacial score (nSPS) is 18.6. The summed E-state index contributed by atoms with van der Waals surface area (Å²) in [6.45, 7) is 6.27. The number of aryl methyl sites for hydroxylation is 1. The fraction of sp³-hybridized carbons (Fsp3) is 0.615. The van der Waals surface area contributed by atoms with E-state index in [0.29, 0.717) is 12.5 Å². The van der Waals surface area contributed by atoms with Gasteiger partial charge in [-0.2, -0.15) is 0 Å². The maximum absolute atomic E-state index is 11.6. The minimum atomic E-state index is -0.434. The Morgan fingerprint density at radius 1 is 1.61 bits per heavy atom. The highest BCUT2D eigenvalue weighted by Gasteiger charge is 2.26. The third-order valence-electron chi connectivity index (χ3n) is 2.86. The van der Waals surface area contributed by atoms with Crippen molar-refractivity contribution in [1.82, 2.24) is 5.32 Å². The molecule has 18 heavy (non-hydrogen) atoms. The van der Waals surface area contributed by atoms with Crippen LogP contribution in [0.25, 0.3) is 0 Å². The zero-order chi connectivity index (χ0) is 13.3. The summed E-state index contributed by atoms with van der Waals surface area (Å²) in [6, 6.07) is 2.18. The Morgan fingerprint density at radius 3 is 3.00 bits per heavy atom. The van der Waals surface area contributed by atoms with Crippen LogP contribution < -0.4 is 5.32 Å². The van der Waals surface area contributed by atoms with E-state index in [1.54, 1.807) is 11.3 Å². The summed E-state index contributed by atoms with van der Waals surface area (Å²) in [4.78, 5) is 13.0. The SMILES string of the molecule is CC(C)(C)OC(=O)NCC1CCc2sc(Br)cc21. The molecular formula is C13H18BrNO2S. The average Bonchev–Trinajstić information content (AvgIpc) is 2.71. The molecule has 1 N–H and O–H groups in total. The summed E-state index contributed by atoms with van der Waals surface area (Å²) in [7, 11) is 0. The molecule has 1 atom stereocenters. The van der Waals surface area contributed by atoms with E-state index < -0.39 is 5.60 Å². The van der Waals surface area contributed by atoms with Crippen molar-refractivity contribution in [3.63, 3.8) is 0 Å². The topological polar surface area (TPSA) is 38.3 Å². The quantitative estimate of drug-likeness (QED) is 0.887. The largest absolute Gasteiger partial charge is 0.444 e. The van der Waals surface area contributed by atoms with Gasteiger partial charge < -0.3 is 10.1 Å². The second kappa shape index (κ2) is 5.21. The number of carbonyl (C=O) groups excluding carboxylic acids is 1. The molecule has 1 unspecified atom stereocenters. The van der Waals surface area contributed by atoms with E-state index >= 15 is 0 Å². The number of nitrogens with one attached hydrogen (secondary N) is 1. The van der Waals surface area contributed by atoms with Crippen molar-refractivity contribution in [2.24, 2.45) is 0 Å². The number of hydrogen-bond acceptors (Lipinski definition) is 3. The van der Waals surface area contributed by atoms with E-state index in [1.165, 1.54) is 14.2 Å². The summed E-state index contributed by atoms with van der Waals surface area (Å²) >= 11 is 5.31. The molecule has 0 saturated heterocycles. The summed E-state index contributed by atoms with van der Waals surface area (Å²) in [5, 5.41) is 2.86. The highest BCUT2D eigenvalue weighted by molar-refractivity contribution is 9.11. The van der Waals surface area contributed by atoms with Crippen molar-refractivity contribution < 1.29 is 9.53 Å². The van der Waals surface area contributed by atoms with Crippen LogP contribution in [0, 0.1) is 0 Å². The van der Waals surface area contributed by atoms with Crippen LogP contribution in [0.2, 0.25) is 0 Å². The van der Waals surface area contributed by atoms with Gasteiger partial charge in [-0.05, 0) is 61.2 Å². The third kappa shape index (κ3) is 3.48.